The summed E-state index contributed by atoms with van der Waals surface area (Å²) >= 11 is 6.24. The zero-order valence-corrected chi connectivity index (χ0v) is 14.6. The summed E-state index contributed by atoms with van der Waals surface area (Å²) < 4.78 is 11.2. The second-order valence-electron chi connectivity index (χ2n) is 7.01. The lowest BCUT2D eigenvalue weighted by Gasteiger charge is -2.26. The van der Waals surface area contributed by atoms with Crippen molar-refractivity contribution in [2.75, 3.05) is 7.11 Å². The molecular weight excluding hydrogens is 312 g/mol. The fourth-order valence-electron chi connectivity index (χ4n) is 4.44. The van der Waals surface area contributed by atoms with Crippen molar-refractivity contribution in [1.82, 2.24) is 0 Å². The van der Waals surface area contributed by atoms with Gasteiger partial charge in [-0.25, -0.2) is 0 Å². The van der Waals surface area contributed by atoms with Crippen LogP contribution in [0.3, 0.4) is 0 Å². The summed E-state index contributed by atoms with van der Waals surface area (Å²) in [6.07, 6.45) is 5.01. The average molecular weight is 337 g/mol. The molecule has 0 saturated heterocycles. The van der Waals surface area contributed by atoms with Gasteiger partial charge < -0.3 is 9.47 Å². The van der Waals surface area contributed by atoms with E-state index in [1.807, 2.05) is 31.2 Å². The molecule has 2 bridgehead atoms. The van der Waals surface area contributed by atoms with E-state index in [1.54, 1.807) is 7.11 Å². The smallest absolute Gasteiger partial charge is 0.306 e. The molecule has 126 valence electrons. The van der Waals surface area contributed by atoms with E-state index < -0.39 is 0 Å². The molecule has 0 aromatic heterocycles. The SMILES string of the molecule is CO[C@@H](c1ccccc1Cl)[C@H](C)OC(=O)CC1CC2CCC1C2. The first-order chi connectivity index (χ1) is 11.1. The summed E-state index contributed by atoms with van der Waals surface area (Å²) in [6.45, 7) is 1.87. The number of hydrogen-bond acceptors (Lipinski definition) is 3. The van der Waals surface area contributed by atoms with Gasteiger partial charge in [0.25, 0.3) is 0 Å². The Labute approximate surface area is 143 Å². The summed E-state index contributed by atoms with van der Waals surface area (Å²) in [4.78, 5) is 12.3. The molecule has 23 heavy (non-hydrogen) atoms. The van der Waals surface area contributed by atoms with Crippen LogP contribution in [0.15, 0.2) is 24.3 Å². The third kappa shape index (κ3) is 3.72. The number of hydrogen-bond donors (Lipinski definition) is 0. The first-order valence-corrected chi connectivity index (χ1v) is 8.93. The van der Waals surface area contributed by atoms with Crippen molar-refractivity contribution in [3.8, 4) is 0 Å². The van der Waals surface area contributed by atoms with Crippen LogP contribution in [0.4, 0.5) is 0 Å². The molecule has 0 radical (unpaired) electrons. The Kier molecular flexibility index (Phi) is 5.27. The summed E-state index contributed by atoms with van der Waals surface area (Å²) in [5.74, 6) is 2.01. The molecule has 2 saturated carbocycles. The van der Waals surface area contributed by atoms with Gasteiger partial charge in [-0.15, -0.1) is 0 Å². The molecule has 2 aliphatic carbocycles. The molecule has 4 heteroatoms. The Morgan fingerprint density at radius 1 is 1.30 bits per heavy atom. The summed E-state index contributed by atoms with van der Waals surface area (Å²) in [5.41, 5.74) is 0.858. The number of benzene rings is 1. The summed E-state index contributed by atoms with van der Waals surface area (Å²) in [6, 6.07) is 7.53. The topological polar surface area (TPSA) is 35.5 Å². The Balaban J connectivity index is 1.57. The highest BCUT2D eigenvalue weighted by molar-refractivity contribution is 6.31. The van der Waals surface area contributed by atoms with E-state index in [0.717, 1.165) is 17.4 Å². The molecular formula is C19H25ClO3. The zero-order valence-electron chi connectivity index (χ0n) is 13.8. The van der Waals surface area contributed by atoms with Gasteiger partial charge in [-0.05, 0) is 50.0 Å². The lowest BCUT2D eigenvalue weighted by atomic mass is 9.86. The maximum absolute atomic E-state index is 12.3. The van der Waals surface area contributed by atoms with Gasteiger partial charge in [0.15, 0.2) is 0 Å². The number of fused-ring (bicyclic) bond motifs is 2. The van der Waals surface area contributed by atoms with Crippen LogP contribution in [0, 0.1) is 17.8 Å². The lowest BCUT2D eigenvalue weighted by molar-refractivity contribution is -0.156. The number of carbonyl (C=O) groups is 1. The van der Waals surface area contributed by atoms with Gasteiger partial charge in [0.05, 0.1) is 0 Å². The fraction of sp³-hybridized carbons (Fsp3) is 0.632. The molecule has 1 aromatic rings. The molecule has 0 amide bonds. The highest BCUT2D eigenvalue weighted by Gasteiger charge is 2.40. The highest BCUT2D eigenvalue weighted by Crippen LogP contribution is 2.49. The number of ether oxygens (including phenoxy) is 2. The van der Waals surface area contributed by atoms with E-state index in [1.165, 1.54) is 25.7 Å². The molecule has 3 unspecified atom stereocenters. The molecule has 0 N–H and O–H groups in total. The van der Waals surface area contributed by atoms with E-state index in [0.29, 0.717) is 17.4 Å². The normalized spacial score (nSPS) is 28.6. The van der Waals surface area contributed by atoms with Crippen LogP contribution < -0.4 is 0 Å². The predicted molar refractivity (Wildman–Crippen MR) is 90.3 cm³/mol. The van der Waals surface area contributed by atoms with E-state index in [-0.39, 0.29) is 18.2 Å². The van der Waals surface area contributed by atoms with E-state index in [2.05, 4.69) is 0 Å². The summed E-state index contributed by atoms with van der Waals surface area (Å²) in [7, 11) is 1.62. The molecule has 0 heterocycles. The second kappa shape index (κ2) is 7.23. The minimum atomic E-state index is -0.356. The minimum absolute atomic E-state index is 0.107. The van der Waals surface area contributed by atoms with Crippen LogP contribution in [-0.4, -0.2) is 19.2 Å². The van der Waals surface area contributed by atoms with Crippen LogP contribution >= 0.6 is 11.6 Å². The van der Waals surface area contributed by atoms with Crippen molar-refractivity contribution in [2.45, 2.75) is 51.2 Å². The number of esters is 1. The number of rotatable bonds is 6. The van der Waals surface area contributed by atoms with Crippen molar-refractivity contribution in [1.29, 1.82) is 0 Å². The number of carbonyl (C=O) groups excluding carboxylic acids is 1. The maximum Gasteiger partial charge on any atom is 0.306 e. The molecule has 5 atom stereocenters. The molecule has 3 rings (SSSR count). The van der Waals surface area contributed by atoms with Crippen LogP contribution in [0.1, 0.15) is 50.7 Å². The van der Waals surface area contributed by atoms with E-state index >= 15 is 0 Å². The first-order valence-electron chi connectivity index (χ1n) is 8.55. The predicted octanol–water partition coefficient (Wildman–Crippen LogP) is 4.79. The van der Waals surface area contributed by atoms with Crippen LogP contribution in [0.5, 0.6) is 0 Å². The van der Waals surface area contributed by atoms with Crippen molar-refractivity contribution in [2.24, 2.45) is 17.8 Å². The van der Waals surface area contributed by atoms with Gasteiger partial charge in [-0.2, -0.15) is 0 Å². The van der Waals surface area contributed by atoms with Crippen LogP contribution in [-0.2, 0) is 14.3 Å². The zero-order chi connectivity index (χ0) is 16.4. The van der Waals surface area contributed by atoms with Gasteiger partial charge in [-0.1, -0.05) is 36.2 Å². The Morgan fingerprint density at radius 3 is 2.70 bits per heavy atom. The van der Waals surface area contributed by atoms with Crippen LogP contribution in [0.25, 0.3) is 0 Å². The van der Waals surface area contributed by atoms with Gasteiger partial charge in [0.2, 0.25) is 0 Å². The molecule has 3 nitrogen and oxygen atoms in total. The number of halogens is 1. The van der Waals surface area contributed by atoms with E-state index in [9.17, 15) is 4.79 Å². The largest absolute Gasteiger partial charge is 0.460 e. The van der Waals surface area contributed by atoms with Crippen molar-refractivity contribution in [3.63, 3.8) is 0 Å². The van der Waals surface area contributed by atoms with E-state index in [4.69, 9.17) is 21.1 Å². The van der Waals surface area contributed by atoms with Gasteiger partial charge in [0, 0.05) is 24.1 Å². The molecule has 0 spiro atoms. The molecule has 2 fully saturated rings. The fourth-order valence-corrected chi connectivity index (χ4v) is 4.68. The first kappa shape index (κ1) is 16.8. The van der Waals surface area contributed by atoms with Crippen molar-refractivity contribution in [3.05, 3.63) is 34.9 Å². The summed E-state index contributed by atoms with van der Waals surface area (Å²) in [5, 5.41) is 0.635. The highest BCUT2D eigenvalue weighted by atomic mass is 35.5. The second-order valence-corrected chi connectivity index (χ2v) is 7.42. The minimum Gasteiger partial charge on any atom is -0.460 e. The van der Waals surface area contributed by atoms with Gasteiger partial charge >= 0.3 is 5.97 Å². The monoisotopic (exact) mass is 336 g/mol. The standard InChI is InChI=1S/C19H25ClO3/c1-12(19(22-2)16-5-3-4-6-17(16)20)23-18(21)11-15-10-13-7-8-14(15)9-13/h3-6,12-15,19H,7-11H2,1-2H3/t12-,13?,14?,15?,19+/m0/s1. The molecule has 2 aliphatic rings. The Hall–Kier alpha value is -1.06. The maximum atomic E-state index is 12.3. The third-order valence-electron chi connectivity index (χ3n) is 5.52. The Morgan fingerprint density at radius 2 is 2.09 bits per heavy atom. The van der Waals surface area contributed by atoms with Gasteiger partial charge in [-0.3, -0.25) is 4.79 Å². The third-order valence-corrected chi connectivity index (χ3v) is 5.87. The quantitative estimate of drug-likeness (QED) is 0.701. The van der Waals surface area contributed by atoms with Crippen molar-refractivity contribution < 1.29 is 14.3 Å². The Bertz CT molecular complexity index is 559. The molecule has 0 aliphatic heterocycles. The average Bonchev–Trinajstić information content (AvgIpc) is 3.12. The van der Waals surface area contributed by atoms with Crippen molar-refractivity contribution >= 4 is 17.6 Å². The number of methoxy groups -OCH3 is 1. The van der Waals surface area contributed by atoms with Crippen LogP contribution in [0.2, 0.25) is 5.02 Å². The lowest BCUT2D eigenvalue weighted by Crippen LogP contribution is -2.26. The molecule has 1 aromatic carbocycles. The van der Waals surface area contributed by atoms with Gasteiger partial charge in [0.1, 0.15) is 12.2 Å².